The Kier molecular flexibility index (Phi) is 4.62. The Balaban J connectivity index is 1.70. The van der Waals surface area contributed by atoms with Gasteiger partial charge < -0.3 is 9.84 Å². The van der Waals surface area contributed by atoms with Crippen molar-refractivity contribution in [2.24, 2.45) is 0 Å². The number of ether oxygens (including phenoxy) is 1. The first-order valence-corrected chi connectivity index (χ1v) is 8.13. The number of hydrogen-bond acceptors (Lipinski definition) is 5. The van der Waals surface area contributed by atoms with E-state index in [0.717, 1.165) is 23.5 Å². The number of aromatic carboxylic acids is 1. The summed E-state index contributed by atoms with van der Waals surface area (Å²) < 4.78 is 6.02. The fourth-order valence-electron chi connectivity index (χ4n) is 2.53. The summed E-state index contributed by atoms with van der Waals surface area (Å²) in [7, 11) is 0. The Morgan fingerprint density at radius 1 is 1.32 bits per heavy atom. The third-order valence-corrected chi connectivity index (χ3v) is 4.57. The van der Waals surface area contributed by atoms with Crippen molar-refractivity contribution >= 4 is 17.7 Å². The second kappa shape index (κ2) is 6.83. The Hall–Kier alpha value is -2.02. The number of rotatable bonds is 5. The summed E-state index contributed by atoms with van der Waals surface area (Å²) in [4.78, 5) is 11.9. The predicted molar refractivity (Wildman–Crippen MR) is 81.4 cm³/mol. The number of nitrogens with one attached hydrogen (secondary N) is 1. The minimum absolute atomic E-state index is 0.00334. The molecule has 0 bridgehead atoms. The van der Waals surface area contributed by atoms with E-state index in [1.807, 2.05) is 24.3 Å². The standard InChI is InChI=1S/C15H17N3O3S/c19-15(20)13-14(17-18-16-13)22-12-8-4-7-11(9-12)21-10-5-2-1-3-6-10/h4,7-10H,1-3,5-6H2,(H,19,20)(H,16,17,18). The third kappa shape index (κ3) is 3.59. The van der Waals surface area contributed by atoms with Gasteiger partial charge in [0.15, 0.2) is 10.7 Å². The van der Waals surface area contributed by atoms with E-state index in [-0.39, 0.29) is 11.8 Å². The van der Waals surface area contributed by atoms with Gasteiger partial charge in [0.1, 0.15) is 5.75 Å². The van der Waals surface area contributed by atoms with Gasteiger partial charge >= 0.3 is 5.97 Å². The lowest BCUT2D eigenvalue weighted by Crippen LogP contribution is -2.19. The van der Waals surface area contributed by atoms with Gasteiger partial charge in [-0.2, -0.15) is 0 Å². The number of H-pyrrole nitrogens is 1. The van der Waals surface area contributed by atoms with Gasteiger partial charge in [-0.3, -0.25) is 5.10 Å². The second-order valence-corrected chi connectivity index (χ2v) is 6.31. The average Bonchev–Trinajstić information content (AvgIpc) is 2.97. The number of aromatic amines is 1. The zero-order chi connectivity index (χ0) is 15.4. The van der Waals surface area contributed by atoms with Crippen LogP contribution in [0.25, 0.3) is 0 Å². The van der Waals surface area contributed by atoms with Crippen molar-refractivity contribution in [3.05, 3.63) is 30.0 Å². The molecule has 1 aromatic heterocycles. The van der Waals surface area contributed by atoms with Crippen LogP contribution in [0.3, 0.4) is 0 Å². The fourth-order valence-corrected chi connectivity index (χ4v) is 3.39. The van der Waals surface area contributed by atoms with Gasteiger partial charge in [0.2, 0.25) is 0 Å². The molecule has 3 rings (SSSR count). The number of hydrogen-bond donors (Lipinski definition) is 2. The Bertz CT molecular complexity index is 653. The Labute approximate surface area is 132 Å². The predicted octanol–water partition coefficient (Wildman–Crippen LogP) is 3.37. The van der Waals surface area contributed by atoms with Gasteiger partial charge in [0, 0.05) is 4.90 Å². The van der Waals surface area contributed by atoms with E-state index in [2.05, 4.69) is 15.4 Å². The van der Waals surface area contributed by atoms with Gasteiger partial charge in [-0.15, -0.1) is 5.10 Å². The van der Waals surface area contributed by atoms with Gasteiger partial charge in [-0.25, -0.2) is 4.79 Å². The highest BCUT2D eigenvalue weighted by Crippen LogP contribution is 2.31. The zero-order valence-electron chi connectivity index (χ0n) is 12.0. The molecule has 0 amide bonds. The average molecular weight is 319 g/mol. The maximum Gasteiger partial charge on any atom is 0.356 e. The molecule has 6 nitrogen and oxygen atoms in total. The molecule has 116 valence electrons. The van der Waals surface area contributed by atoms with Crippen molar-refractivity contribution in [1.29, 1.82) is 0 Å². The SMILES string of the molecule is O=C(O)c1[nH]nnc1Sc1cccc(OC2CCCCC2)c1. The van der Waals surface area contributed by atoms with Crippen molar-refractivity contribution in [2.45, 2.75) is 48.1 Å². The molecule has 0 atom stereocenters. The van der Waals surface area contributed by atoms with Crippen molar-refractivity contribution in [2.75, 3.05) is 0 Å². The molecule has 1 fully saturated rings. The summed E-state index contributed by atoms with van der Waals surface area (Å²) in [5, 5.41) is 19.2. The molecule has 1 aromatic carbocycles. The molecule has 7 heteroatoms. The van der Waals surface area contributed by atoms with E-state index < -0.39 is 5.97 Å². The Morgan fingerprint density at radius 3 is 2.91 bits per heavy atom. The van der Waals surface area contributed by atoms with Crippen molar-refractivity contribution in [1.82, 2.24) is 15.4 Å². The first-order chi connectivity index (χ1) is 10.7. The highest BCUT2D eigenvalue weighted by molar-refractivity contribution is 7.99. The zero-order valence-corrected chi connectivity index (χ0v) is 12.8. The molecule has 1 heterocycles. The van der Waals surface area contributed by atoms with E-state index in [0.29, 0.717) is 5.03 Å². The summed E-state index contributed by atoms with van der Waals surface area (Å²) in [5.74, 6) is -0.251. The number of carboxylic acids is 1. The fraction of sp³-hybridized carbons (Fsp3) is 0.400. The number of aromatic nitrogens is 3. The van der Waals surface area contributed by atoms with Crippen LogP contribution in [-0.4, -0.2) is 32.6 Å². The van der Waals surface area contributed by atoms with Crippen LogP contribution in [0.15, 0.2) is 34.2 Å². The lowest BCUT2D eigenvalue weighted by atomic mass is 9.98. The number of carboxylic acid groups (broad SMARTS) is 1. The summed E-state index contributed by atoms with van der Waals surface area (Å²) in [5.41, 5.74) is 0.00334. The molecule has 0 unspecified atom stereocenters. The summed E-state index contributed by atoms with van der Waals surface area (Å²) in [6, 6.07) is 7.65. The first-order valence-electron chi connectivity index (χ1n) is 7.31. The molecule has 0 radical (unpaired) electrons. The maximum atomic E-state index is 11.1. The van der Waals surface area contributed by atoms with Crippen LogP contribution in [0, 0.1) is 0 Å². The highest BCUT2D eigenvalue weighted by atomic mass is 32.2. The molecule has 0 saturated heterocycles. The first kappa shape index (κ1) is 14.9. The second-order valence-electron chi connectivity index (χ2n) is 5.25. The van der Waals surface area contributed by atoms with Gasteiger partial charge in [0.05, 0.1) is 6.10 Å². The molecule has 22 heavy (non-hydrogen) atoms. The van der Waals surface area contributed by atoms with Crippen LogP contribution in [-0.2, 0) is 0 Å². The summed E-state index contributed by atoms with van der Waals surface area (Å²) in [6.07, 6.45) is 6.23. The summed E-state index contributed by atoms with van der Waals surface area (Å²) in [6.45, 7) is 0. The lowest BCUT2D eigenvalue weighted by molar-refractivity contribution is 0.0686. The van der Waals surface area contributed by atoms with E-state index >= 15 is 0 Å². The van der Waals surface area contributed by atoms with Crippen molar-refractivity contribution in [3.8, 4) is 5.75 Å². The highest BCUT2D eigenvalue weighted by Gasteiger charge is 2.17. The van der Waals surface area contributed by atoms with Crippen LogP contribution in [0.4, 0.5) is 0 Å². The molecule has 2 aromatic rings. The van der Waals surface area contributed by atoms with E-state index in [9.17, 15) is 4.79 Å². The minimum Gasteiger partial charge on any atom is -0.490 e. The van der Waals surface area contributed by atoms with Crippen molar-refractivity contribution in [3.63, 3.8) is 0 Å². The van der Waals surface area contributed by atoms with E-state index in [1.54, 1.807) is 0 Å². The molecule has 1 aliphatic carbocycles. The Morgan fingerprint density at radius 2 is 2.14 bits per heavy atom. The topological polar surface area (TPSA) is 88.1 Å². The van der Waals surface area contributed by atoms with Crippen LogP contribution >= 0.6 is 11.8 Å². The van der Waals surface area contributed by atoms with Crippen LogP contribution in [0.5, 0.6) is 5.75 Å². The van der Waals surface area contributed by atoms with Gasteiger partial charge in [-0.05, 0) is 43.9 Å². The smallest absolute Gasteiger partial charge is 0.356 e. The molecular formula is C15H17N3O3S. The minimum atomic E-state index is -1.07. The molecule has 0 spiro atoms. The van der Waals surface area contributed by atoms with Gasteiger partial charge in [0.25, 0.3) is 0 Å². The number of nitrogens with zero attached hydrogens (tertiary/aromatic N) is 2. The quantitative estimate of drug-likeness (QED) is 0.878. The molecular weight excluding hydrogens is 302 g/mol. The number of benzene rings is 1. The van der Waals surface area contributed by atoms with Gasteiger partial charge in [-0.1, -0.05) is 29.5 Å². The van der Waals surface area contributed by atoms with E-state index in [4.69, 9.17) is 9.84 Å². The largest absolute Gasteiger partial charge is 0.490 e. The molecule has 0 aliphatic heterocycles. The molecule has 2 N–H and O–H groups in total. The van der Waals surface area contributed by atoms with Crippen LogP contribution in [0.2, 0.25) is 0 Å². The normalized spacial score (nSPS) is 15.6. The van der Waals surface area contributed by atoms with Crippen molar-refractivity contribution < 1.29 is 14.6 Å². The third-order valence-electron chi connectivity index (χ3n) is 3.61. The maximum absolute atomic E-state index is 11.1. The lowest BCUT2D eigenvalue weighted by Gasteiger charge is -2.23. The molecule has 1 saturated carbocycles. The van der Waals surface area contributed by atoms with E-state index in [1.165, 1.54) is 31.0 Å². The van der Waals surface area contributed by atoms with Crippen LogP contribution in [0.1, 0.15) is 42.6 Å². The monoisotopic (exact) mass is 319 g/mol. The number of carbonyl (C=O) groups is 1. The summed E-state index contributed by atoms with van der Waals surface area (Å²) >= 11 is 1.26. The van der Waals surface area contributed by atoms with Crippen LogP contribution < -0.4 is 4.74 Å². The molecule has 1 aliphatic rings.